The summed E-state index contributed by atoms with van der Waals surface area (Å²) >= 11 is 0. The highest BCUT2D eigenvalue weighted by Crippen LogP contribution is 2.33. The first-order valence-electron chi connectivity index (χ1n) is 10.8. The molecular weight excluding hydrogens is 408 g/mol. The maximum Gasteiger partial charge on any atom is 0.339 e. The first-order valence-corrected chi connectivity index (χ1v) is 10.8. The molecule has 0 spiro atoms. The number of aromatic nitrogens is 2. The highest BCUT2D eigenvalue weighted by Gasteiger charge is 2.34. The Hall–Kier alpha value is -3.52. The lowest BCUT2D eigenvalue weighted by Gasteiger charge is -2.34. The normalized spacial score (nSPS) is 18.5. The van der Waals surface area contributed by atoms with Gasteiger partial charge in [-0.1, -0.05) is 53.2 Å². The van der Waals surface area contributed by atoms with Crippen LogP contribution in [0.2, 0.25) is 0 Å². The smallest absolute Gasteiger partial charge is 0.339 e. The molecule has 8 nitrogen and oxygen atoms in total. The van der Waals surface area contributed by atoms with Crippen molar-refractivity contribution in [3.05, 3.63) is 71.1 Å². The molecule has 2 aliphatic heterocycles. The van der Waals surface area contributed by atoms with Crippen LogP contribution in [0.4, 0.5) is 0 Å². The number of aryl methyl sites for hydroxylation is 1. The topological polar surface area (TPSA) is 88.8 Å². The van der Waals surface area contributed by atoms with E-state index in [4.69, 9.17) is 9.26 Å². The molecule has 1 amide bonds. The van der Waals surface area contributed by atoms with Crippen LogP contribution in [-0.4, -0.2) is 58.0 Å². The van der Waals surface area contributed by atoms with E-state index in [1.807, 2.05) is 48.2 Å². The van der Waals surface area contributed by atoms with Crippen LogP contribution in [0.15, 0.2) is 53.1 Å². The van der Waals surface area contributed by atoms with Crippen molar-refractivity contribution in [3.63, 3.8) is 0 Å². The highest BCUT2D eigenvalue weighted by molar-refractivity contribution is 5.94. The molecule has 0 saturated carbocycles. The highest BCUT2D eigenvalue weighted by atomic mass is 16.5. The van der Waals surface area contributed by atoms with E-state index >= 15 is 0 Å². The van der Waals surface area contributed by atoms with Gasteiger partial charge in [0, 0.05) is 37.3 Å². The zero-order chi connectivity index (χ0) is 22.1. The predicted molar refractivity (Wildman–Crippen MR) is 116 cm³/mol. The SMILES string of the molecule is Cc1ccc(-c2noc(CN3CCN(C(=O)C[C@@H]4OC(=O)c5ccccc54)CC3)n2)cc1. The second kappa shape index (κ2) is 8.55. The summed E-state index contributed by atoms with van der Waals surface area (Å²) in [5, 5.41) is 4.09. The number of amides is 1. The van der Waals surface area contributed by atoms with Gasteiger partial charge in [-0.25, -0.2) is 4.79 Å². The Morgan fingerprint density at radius 2 is 1.81 bits per heavy atom. The molecule has 0 aliphatic carbocycles. The molecule has 1 aromatic heterocycles. The number of hydrogen-bond acceptors (Lipinski definition) is 7. The van der Waals surface area contributed by atoms with Crippen LogP contribution >= 0.6 is 0 Å². The first-order chi connectivity index (χ1) is 15.6. The van der Waals surface area contributed by atoms with Gasteiger partial charge in [0.15, 0.2) is 0 Å². The number of carbonyl (C=O) groups excluding carboxylic acids is 2. The van der Waals surface area contributed by atoms with Gasteiger partial charge in [-0.15, -0.1) is 0 Å². The first kappa shape index (κ1) is 20.4. The molecule has 1 fully saturated rings. The van der Waals surface area contributed by atoms with Crippen LogP contribution in [0, 0.1) is 6.92 Å². The van der Waals surface area contributed by atoms with Crippen LogP contribution in [0.1, 0.15) is 39.9 Å². The summed E-state index contributed by atoms with van der Waals surface area (Å²) in [6, 6.07) is 15.3. The molecule has 3 aromatic rings. The van der Waals surface area contributed by atoms with E-state index in [1.165, 1.54) is 5.56 Å². The van der Waals surface area contributed by atoms with Gasteiger partial charge in [-0.05, 0) is 13.0 Å². The van der Waals surface area contributed by atoms with Crippen LogP contribution in [0.5, 0.6) is 0 Å². The van der Waals surface area contributed by atoms with Crippen LogP contribution in [0.3, 0.4) is 0 Å². The number of fused-ring (bicyclic) bond motifs is 1. The molecule has 3 heterocycles. The molecule has 32 heavy (non-hydrogen) atoms. The number of benzene rings is 2. The van der Waals surface area contributed by atoms with Crippen LogP contribution in [-0.2, 0) is 16.1 Å². The molecule has 2 aromatic carbocycles. The maximum atomic E-state index is 12.8. The van der Waals surface area contributed by atoms with Crippen LogP contribution < -0.4 is 0 Å². The predicted octanol–water partition coefficient (Wildman–Crippen LogP) is 2.99. The number of ether oxygens (including phenoxy) is 1. The standard InChI is InChI=1S/C24H24N4O4/c1-16-6-8-17(9-7-16)23-25-21(32-26-23)15-27-10-12-28(13-11-27)22(29)14-20-18-4-2-3-5-19(18)24(30)31-20/h2-9,20H,10-15H2,1H3/t20-/m0/s1. The molecule has 1 atom stereocenters. The number of cyclic esters (lactones) is 1. The Balaban J connectivity index is 1.14. The minimum atomic E-state index is -0.497. The monoisotopic (exact) mass is 432 g/mol. The number of nitrogens with zero attached hydrogens (tertiary/aromatic N) is 4. The third-order valence-corrected chi connectivity index (χ3v) is 6.00. The fraction of sp³-hybridized carbons (Fsp3) is 0.333. The maximum absolute atomic E-state index is 12.8. The molecule has 1 saturated heterocycles. The summed E-state index contributed by atoms with van der Waals surface area (Å²) in [4.78, 5) is 33.3. The van der Waals surface area contributed by atoms with Gasteiger partial charge in [0.25, 0.3) is 0 Å². The van der Waals surface area contributed by atoms with E-state index in [0.29, 0.717) is 36.9 Å². The van der Waals surface area contributed by atoms with E-state index in [2.05, 4.69) is 15.0 Å². The quantitative estimate of drug-likeness (QED) is 0.573. The number of piperazine rings is 1. The van der Waals surface area contributed by atoms with Crippen molar-refractivity contribution in [2.45, 2.75) is 26.0 Å². The molecule has 0 radical (unpaired) electrons. The second-order valence-electron chi connectivity index (χ2n) is 8.22. The van der Waals surface area contributed by atoms with E-state index in [-0.39, 0.29) is 18.3 Å². The van der Waals surface area contributed by atoms with E-state index in [9.17, 15) is 9.59 Å². The molecule has 8 heteroatoms. The van der Waals surface area contributed by atoms with Gasteiger partial charge in [0.1, 0.15) is 6.10 Å². The average molecular weight is 432 g/mol. The summed E-state index contributed by atoms with van der Waals surface area (Å²) < 4.78 is 10.8. The van der Waals surface area contributed by atoms with Crippen molar-refractivity contribution in [1.29, 1.82) is 0 Å². The van der Waals surface area contributed by atoms with E-state index in [0.717, 1.165) is 24.2 Å². The van der Waals surface area contributed by atoms with E-state index < -0.39 is 6.10 Å². The van der Waals surface area contributed by atoms with E-state index in [1.54, 1.807) is 12.1 Å². The lowest BCUT2D eigenvalue weighted by Crippen LogP contribution is -2.48. The number of carbonyl (C=O) groups is 2. The fourth-order valence-corrected chi connectivity index (χ4v) is 4.14. The summed E-state index contributed by atoms with van der Waals surface area (Å²) in [6.07, 6.45) is -0.324. The van der Waals surface area contributed by atoms with Gasteiger partial charge < -0.3 is 14.2 Å². The Labute approximate surface area is 185 Å². The molecule has 0 unspecified atom stereocenters. The molecule has 0 bridgehead atoms. The van der Waals surface area contributed by atoms with Gasteiger partial charge >= 0.3 is 5.97 Å². The number of rotatable bonds is 5. The van der Waals surface area contributed by atoms with Gasteiger partial charge in [-0.2, -0.15) is 4.98 Å². The fourth-order valence-electron chi connectivity index (χ4n) is 4.14. The zero-order valence-electron chi connectivity index (χ0n) is 17.9. The Bertz CT molecular complexity index is 1130. The minimum Gasteiger partial charge on any atom is -0.453 e. The third-order valence-electron chi connectivity index (χ3n) is 6.00. The van der Waals surface area contributed by atoms with Gasteiger partial charge in [0.2, 0.25) is 17.6 Å². The summed E-state index contributed by atoms with van der Waals surface area (Å²) in [5.41, 5.74) is 3.46. The molecule has 164 valence electrons. The number of hydrogen-bond donors (Lipinski definition) is 0. The summed E-state index contributed by atoms with van der Waals surface area (Å²) in [7, 11) is 0. The van der Waals surface area contributed by atoms with Crippen LogP contribution in [0.25, 0.3) is 11.4 Å². The third kappa shape index (κ3) is 4.13. The van der Waals surface area contributed by atoms with Gasteiger partial charge in [-0.3, -0.25) is 9.69 Å². The van der Waals surface area contributed by atoms with Crippen molar-refractivity contribution < 1.29 is 18.8 Å². The van der Waals surface area contributed by atoms with Crippen molar-refractivity contribution in [1.82, 2.24) is 19.9 Å². The minimum absolute atomic E-state index is 0.00130. The summed E-state index contributed by atoms with van der Waals surface area (Å²) in [5.74, 6) is 0.793. The van der Waals surface area contributed by atoms with Crippen molar-refractivity contribution in [3.8, 4) is 11.4 Å². The number of esters is 1. The molecule has 2 aliphatic rings. The largest absolute Gasteiger partial charge is 0.453 e. The van der Waals surface area contributed by atoms with Crippen molar-refractivity contribution in [2.75, 3.05) is 26.2 Å². The molecule has 5 rings (SSSR count). The molecular formula is C24H24N4O4. The molecule has 0 N–H and O–H groups in total. The Morgan fingerprint density at radius 1 is 1.06 bits per heavy atom. The lowest BCUT2D eigenvalue weighted by atomic mass is 10.0. The Morgan fingerprint density at radius 3 is 2.59 bits per heavy atom. The van der Waals surface area contributed by atoms with Gasteiger partial charge in [0.05, 0.1) is 18.5 Å². The average Bonchev–Trinajstić information content (AvgIpc) is 3.40. The summed E-state index contributed by atoms with van der Waals surface area (Å²) in [6.45, 7) is 5.24. The Kier molecular flexibility index (Phi) is 5.45. The zero-order valence-corrected chi connectivity index (χ0v) is 17.9. The van der Waals surface area contributed by atoms with Crippen molar-refractivity contribution >= 4 is 11.9 Å². The second-order valence-corrected chi connectivity index (χ2v) is 8.22. The van der Waals surface area contributed by atoms with Crippen molar-refractivity contribution in [2.24, 2.45) is 0 Å². The lowest BCUT2D eigenvalue weighted by molar-refractivity contribution is -0.135.